The lowest BCUT2D eigenvalue weighted by Gasteiger charge is -1.91. The molecule has 2 rings (SSSR count). The molecule has 0 spiro atoms. The first-order valence-electron chi connectivity index (χ1n) is 3.56. The van der Waals surface area contributed by atoms with Crippen molar-refractivity contribution in [3.63, 3.8) is 0 Å². The predicted octanol–water partition coefficient (Wildman–Crippen LogP) is 2.88. The Kier molecular flexibility index (Phi) is 1.95. The molecule has 0 fully saturated rings. The highest BCUT2D eigenvalue weighted by atomic mass is 127. The number of aromatic nitrogens is 1. The summed E-state index contributed by atoms with van der Waals surface area (Å²) in [6.07, 6.45) is 0. The van der Waals surface area contributed by atoms with Crippen LogP contribution in [0, 0.1) is 8.48 Å². The Balaban J connectivity index is 2.93. The summed E-state index contributed by atoms with van der Waals surface area (Å²) in [6, 6.07) is 5.43. The molecule has 1 heterocycles. The molecule has 4 nitrogen and oxygen atoms in total. The number of H-pyrrole nitrogens is 1. The smallest absolute Gasteiger partial charge is 0.219 e. The number of fused-ring (bicyclic) bond motifs is 1. The molecule has 2 aromatic rings. The third kappa shape index (κ3) is 1.19. The summed E-state index contributed by atoms with van der Waals surface area (Å²) in [5, 5.41) is 12.7. The van der Waals surface area contributed by atoms with Crippen LogP contribution in [0.5, 0.6) is 5.88 Å². The second-order valence-corrected chi connectivity index (χ2v) is 3.74. The number of benzene rings is 1. The van der Waals surface area contributed by atoms with Gasteiger partial charge in [-0.05, 0) is 33.8 Å². The van der Waals surface area contributed by atoms with Gasteiger partial charge in [0.25, 0.3) is 0 Å². The van der Waals surface area contributed by atoms with E-state index in [1.54, 1.807) is 6.07 Å². The van der Waals surface area contributed by atoms with Gasteiger partial charge >= 0.3 is 0 Å². The number of hydrogen-bond donors (Lipinski definition) is 2. The molecular formula is C8H5IN2O2. The molecule has 0 amide bonds. The van der Waals surface area contributed by atoms with E-state index >= 15 is 0 Å². The number of hydrogen-bond acceptors (Lipinski definition) is 3. The van der Waals surface area contributed by atoms with Crippen LogP contribution >= 0.6 is 22.6 Å². The Hall–Kier alpha value is -1.11. The number of para-hydroxylation sites is 1. The normalized spacial score (nSPS) is 10.5. The first kappa shape index (κ1) is 8.49. The zero-order valence-electron chi connectivity index (χ0n) is 6.41. The van der Waals surface area contributed by atoms with E-state index in [4.69, 9.17) is 0 Å². The van der Waals surface area contributed by atoms with Gasteiger partial charge in [0.15, 0.2) is 5.69 Å². The van der Waals surface area contributed by atoms with Crippen molar-refractivity contribution in [3.05, 3.63) is 26.7 Å². The number of aromatic hydroxyl groups is 1. The highest BCUT2D eigenvalue weighted by molar-refractivity contribution is 14.1. The summed E-state index contributed by atoms with van der Waals surface area (Å²) in [5.41, 5.74) is 0.823. The van der Waals surface area contributed by atoms with Crippen molar-refractivity contribution in [2.45, 2.75) is 0 Å². The molecule has 13 heavy (non-hydrogen) atoms. The van der Waals surface area contributed by atoms with Gasteiger partial charge in [-0.1, -0.05) is 12.1 Å². The Morgan fingerprint density at radius 1 is 1.46 bits per heavy atom. The van der Waals surface area contributed by atoms with Crippen LogP contribution in [0.25, 0.3) is 10.9 Å². The lowest BCUT2D eigenvalue weighted by Crippen LogP contribution is -1.72. The van der Waals surface area contributed by atoms with E-state index in [9.17, 15) is 10.0 Å². The van der Waals surface area contributed by atoms with Crippen LogP contribution in [0.15, 0.2) is 23.4 Å². The van der Waals surface area contributed by atoms with Gasteiger partial charge in [-0.15, -0.1) is 4.91 Å². The Bertz CT molecular complexity index is 478. The van der Waals surface area contributed by atoms with Crippen LogP contribution in [0.4, 0.5) is 5.69 Å². The van der Waals surface area contributed by atoms with E-state index < -0.39 is 0 Å². The van der Waals surface area contributed by atoms with Crippen molar-refractivity contribution in [1.29, 1.82) is 0 Å². The molecule has 1 aromatic heterocycles. The van der Waals surface area contributed by atoms with Gasteiger partial charge in [-0.25, -0.2) is 0 Å². The maximum atomic E-state index is 10.4. The van der Waals surface area contributed by atoms with Gasteiger partial charge in [-0.2, -0.15) is 0 Å². The largest absolute Gasteiger partial charge is 0.493 e. The summed E-state index contributed by atoms with van der Waals surface area (Å²) in [5.74, 6) is -0.172. The maximum absolute atomic E-state index is 10.4. The zero-order valence-corrected chi connectivity index (χ0v) is 8.57. The van der Waals surface area contributed by atoms with Crippen molar-refractivity contribution >= 4 is 39.2 Å². The second kappa shape index (κ2) is 2.99. The summed E-state index contributed by atoms with van der Waals surface area (Å²) < 4.78 is 0.945. The van der Waals surface area contributed by atoms with Crippen LogP contribution in [-0.2, 0) is 0 Å². The number of aromatic amines is 1. The molecule has 0 aliphatic carbocycles. The number of halogens is 1. The van der Waals surface area contributed by atoms with Gasteiger partial charge < -0.3 is 10.1 Å². The molecule has 0 aliphatic rings. The monoisotopic (exact) mass is 288 g/mol. The Morgan fingerprint density at radius 2 is 2.23 bits per heavy atom. The molecule has 0 saturated heterocycles. The molecule has 0 radical (unpaired) electrons. The number of nitrogens with one attached hydrogen (secondary N) is 1. The number of nitrogens with zero attached hydrogens (tertiary/aromatic N) is 1. The first-order valence-corrected chi connectivity index (χ1v) is 4.64. The predicted molar refractivity (Wildman–Crippen MR) is 58.1 cm³/mol. The van der Waals surface area contributed by atoms with Crippen molar-refractivity contribution in [1.82, 2.24) is 4.98 Å². The highest BCUT2D eigenvalue weighted by Gasteiger charge is 2.12. The van der Waals surface area contributed by atoms with Crippen molar-refractivity contribution in [2.24, 2.45) is 5.18 Å². The summed E-state index contributed by atoms with van der Waals surface area (Å²) in [4.78, 5) is 13.1. The summed E-state index contributed by atoms with van der Waals surface area (Å²) in [7, 11) is 0. The van der Waals surface area contributed by atoms with Crippen LogP contribution in [0.1, 0.15) is 0 Å². The maximum Gasteiger partial charge on any atom is 0.219 e. The minimum atomic E-state index is -0.172. The van der Waals surface area contributed by atoms with Crippen LogP contribution in [0.3, 0.4) is 0 Å². The first-order chi connectivity index (χ1) is 6.24. The summed E-state index contributed by atoms with van der Waals surface area (Å²) in [6.45, 7) is 0. The van der Waals surface area contributed by atoms with Crippen molar-refractivity contribution < 1.29 is 5.11 Å². The van der Waals surface area contributed by atoms with E-state index in [0.717, 1.165) is 9.09 Å². The molecule has 0 unspecified atom stereocenters. The van der Waals surface area contributed by atoms with Crippen molar-refractivity contribution in [2.75, 3.05) is 0 Å². The Morgan fingerprint density at radius 3 is 2.92 bits per heavy atom. The third-order valence-corrected chi connectivity index (χ3v) is 2.73. The SMILES string of the molecule is O=Nc1c(O)[nH]c2c(I)cccc12. The minimum absolute atomic E-state index is 0.0773. The van der Waals surface area contributed by atoms with Crippen LogP contribution in [-0.4, -0.2) is 10.1 Å². The highest BCUT2D eigenvalue weighted by Crippen LogP contribution is 2.36. The topological polar surface area (TPSA) is 65.4 Å². The van der Waals surface area contributed by atoms with Gasteiger partial charge in [-0.3, -0.25) is 0 Å². The average molecular weight is 288 g/mol. The lowest BCUT2D eigenvalue weighted by molar-refractivity contribution is 0.460. The molecule has 5 heteroatoms. The fourth-order valence-corrected chi connectivity index (χ4v) is 1.88. The molecule has 0 bridgehead atoms. The van der Waals surface area contributed by atoms with E-state index in [1.807, 2.05) is 12.1 Å². The van der Waals surface area contributed by atoms with E-state index in [-0.39, 0.29) is 11.6 Å². The van der Waals surface area contributed by atoms with Crippen molar-refractivity contribution in [3.8, 4) is 5.88 Å². The Labute approximate surface area is 87.1 Å². The molecule has 2 N–H and O–H groups in total. The van der Waals surface area contributed by atoms with Gasteiger partial charge in [0.05, 0.1) is 5.52 Å². The molecule has 0 atom stereocenters. The second-order valence-electron chi connectivity index (χ2n) is 2.58. The molecule has 66 valence electrons. The summed E-state index contributed by atoms with van der Waals surface area (Å²) >= 11 is 2.12. The third-order valence-electron chi connectivity index (χ3n) is 1.83. The van der Waals surface area contributed by atoms with Crippen LogP contribution < -0.4 is 0 Å². The fraction of sp³-hybridized carbons (Fsp3) is 0. The van der Waals surface area contributed by atoms with Gasteiger partial charge in [0, 0.05) is 8.96 Å². The molecule has 1 aromatic carbocycles. The average Bonchev–Trinajstić information content (AvgIpc) is 2.43. The fourth-order valence-electron chi connectivity index (χ4n) is 1.25. The van der Waals surface area contributed by atoms with E-state index in [0.29, 0.717) is 5.39 Å². The molecular weight excluding hydrogens is 283 g/mol. The minimum Gasteiger partial charge on any atom is -0.493 e. The lowest BCUT2D eigenvalue weighted by atomic mass is 10.2. The zero-order chi connectivity index (χ0) is 9.42. The quantitative estimate of drug-likeness (QED) is 0.626. The van der Waals surface area contributed by atoms with E-state index in [1.165, 1.54) is 0 Å². The molecule has 0 aliphatic heterocycles. The molecule has 0 saturated carbocycles. The number of rotatable bonds is 1. The number of nitroso groups, excluding NO2 is 1. The van der Waals surface area contributed by atoms with Gasteiger partial charge in [0.2, 0.25) is 5.88 Å². The van der Waals surface area contributed by atoms with Gasteiger partial charge in [0.1, 0.15) is 0 Å². The van der Waals surface area contributed by atoms with E-state index in [2.05, 4.69) is 32.8 Å². The standard InChI is InChI=1S/C8H5IN2O2/c9-5-3-1-2-4-6(5)10-8(12)7(4)11-13/h1-3,10,12H. The van der Waals surface area contributed by atoms with Crippen LogP contribution in [0.2, 0.25) is 0 Å².